The van der Waals surface area contributed by atoms with Crippen molar-refractivity contribution in [2.24, 2.45) is 11.1 Å². The minimum Gasteiger partial charge on any atom is -0.455 e. The van der Waals surface area contributed by atoms with E-state index in [0.717, 1.165) is 24.4 Å². The summed E-state index contributed by atoms with van der Waals surface area (Å²) < 4.78 is 11.4. The first-order valence-electron chi connectivity index (χ1n) is 8.47. The molecule has 0 unspecified atom stereocenters. The first-order chi connectivity index (χ1) is 11.6. The van der Waals surface area contributed by atoms with Gasteiger partial charge in [0.2, 0.25) is 0 Å². The minimum absolute atomic E-state index is 0.0603. The molecular formula is C17H26N2O4S. The Kier molecular flexibility index (Phi) is 5.54. The predicted octanol–water partition coefficient (Wildman–Crippen LogP) is 1.47. The third-order valence-electron chi connectivity index (χ3n) is 5.32. The summed E-state index contributed by atoms with van der Waals surface area (Å²) in [5, 5.41) is 10.3. The van der Waals surface area contributed by atoms with Gasteiger partial charge in [-0.3, -0.25) is 4.79 Å². The standard InChI is InChI=1S/C17H26N2O4S/c1-24-11-12-2-3-13(23-12)16(21)19-7-4-17(5-8-19)14(20)10-15(17)22-9-6-18/h2-3,14-15,20H,4-11,18H2,1H3/t14-,15+/m1/s1. The quantitative estimate of drug-likeness (QED) is 0.804. The van der Waals surface area contributed by atoms with E-state index in [9.17, 15) is 9.90 Å². The van der Waals surface area contributed by atoms with Gasteiger partial charge in [0, 0.05) is 31.5 Å². The molecular weight excluding hydrogens is 328 g/mol. The lowest BCUT2D eigenvalue weighted by Gasteiger charge is -2.56. The van der Waals surface area contributed by atoms with Crippen LogP contribution >= 0.6 is 11.8 Å². The maximum atomic E-state index is 12.6. The van der Waals surface area contributed by atoms with Crippen LogP contribution in [0.1, 0.15) is 35.6 Å². The highest BCUT2D eigenvalue weighted by atomic mass is 32.2. The van der Waals surface area contributed by atoms with Gasteiger partial charge in [0.15, 0.2) is 5.76 Å². The summed E-state index contributed by atoms with van der Waals surface area (Å²) in [4.78, 5) is 14.4. The number of rotatable bonds is 6. The van der Waals surface area contributed by atoms with Crippen molar-refractivity contribution in [1.29, 1.82) is 0 Å². The second-order valence-electron chi connectivity index (χ2n) is 6.62. The SMILES string of the molecule is CSCc1ccc(C(=O)N2CCC3(CC2)[C@H](O)C[C@@H]3OCCN)o1. The fraction of sp³-hybridized carbons (Fsp3) is 0.706. The van der Waals surface area contributed by atoms with E-state index in [0.29, 0.717) is 38.4 Å². The van der Waals surface area contributed by atoms with Crippen LogP contribution in [-0.4, -0.2) is 60.6 Å². The Morgan fingerprint density at radius 1 is 1.50 bits per heavy atom. The number of amides is 1. The number of furan rings is 1. The van der Waals surface area contributed by atoms with E-state index >= 15 is 0 Å². The lowest BCUT2D eigenvalue weighted by atomic mass is 9.58. The number of nitrogens with zero attached hydrogens (tertiary/aromatic N) is 1. The van der Waals surface area contributed by atoms with E-state index in [1.807, 2.05) is 17.2 Å². The van der Waals surface area contributed by atoms with Crippen LogP contribution in [0.2, 0.25) is 0 Å². The molecule has 1 aromatic heterocycles. The third-order valence-corrected chi connectivity index (χ3v) is 5.89. The molecule has 24 heavy (non-hydrogen) atoms. The molecule has 7 heteroatoms. The Morgan fingerprint density at radius 2 is 2.25 bits per heavy atom. The number of carbonyl (C=O) groups excluding carboxylic acids is 1. The summed E-state index contributed by atoms with van der Waals surface area (Å²) in [5.41, 5.74) is 5.30. The molecule has 2 fully saturated rings. The number of aliphatic hydroxyl groups is 1. The molecule has 1 aromatic rings. The van der Waals surface area contributed by atoms with Gasteiger partial charge in [0.1, 0.15) is 5.76 Å². The molecule has 2 heterocycles. The molecule has 0 aromatic carbocycles. The summed E-state index contributed by atoms with van der Waals surface area (Å²) >= 11 is 1.66. The van der Waals surface area contributed by atoms with Crippen molar-refractivity contribution < 1.29 is 19.1 Å². The van der Waals surface area contributed by atoms with Crippen LogP contribution in [0, 0.1) is 5.41 Å². The van der Waals surface area contributed by atoms with Gasteiger partial charge in [-0.05, 0) is 31.2 Å². The zero-order valence-electron chi connectivity index (χ0n) is 14.1. The van der Waals surface area contributed by atoms with Gasteiger partial charge >= 0.3 is 0 Å². The summed E-state index contributed by atoms with van der Waals surface area (Å²) in [6, 6.07) is 3.62. The summed E-state index contributed by atoms with van der Waals surface area (Å²) in [6.45, 7) is 2.25. The monoisotopic (exact) mass is 354 g/mol. The van der Waals surface area contributed by atoms with Crippen LogP contribution in [0.4, 0.5) is 0 Å². The Morgan fingerprint density at radius 3 is 2.88 bits per heavy atom. The fourth-order valence-corrected chi connectivity index (χ4v) is 4.26. The van der Waals surface area contributed by atoms with Crippen molar-refractivity contribution >= 4 is 17.7 Å². The van der Waals surface area contributed by atoms with Crippen LogP contribution < -0.4 is 5.73 Å². The topological polar surface area (TPSA) is 88.9 Å². The molecule has 2 atom stereocenters. The van der Waals surface area contributed by atoms with E-state index in [4.69, 9.17) is 14.9 Å². The second-order valence-corrected chi connectivity index (χ2v) is 7.49. The maximum absolute atomic E-state index is 12.6. The number of hydrogen-bond donors (Lipinski definition) is 2. The lowest BCUT2D eigenvalue weighted by molar-refractivity contribution is -0.208. The van der Waals surface area contributed by atoms with Crippen molar-refractivity contribution in [3.05, 3.63) is 23.7 Å². The van der Waals surface area contributed by atoms with Crippen LogP contribution in [0.25, 0.3) is 0 Å². The molecule has 1 aliphatic carbocycles. The lowest BCUT2D eigenvalue weighted by Crippen LogP contribution is -2.62. The van der Waals surface area contributed by atoms with Gasteiger partial charge in [0.25, 0.3) is 5.91 Å². The molecule has 1 saturated carbocycles. The number of hydrogen-bond acceptors (Lipinski definition) is 6. The van der Waals surface area contributed by atoms with Crippen molar-refractivity contribution in [2.75, 3.05) is 32.5 Å². The zero-order valence-corrected chi connectivity index (χ0v) is 14.9. The molecule has 3 rings (SSSR count). The van der Waals surface area contributed by atoms with Crippen molar-refractivity contribution in [3.63, 3.8) is 0 Å². The number of ether oxygens (including phenoxy) is 1. The van der Waals surface area contributed by atoms with Crippen molar-refractivity contribution in [2.45, 2.75) is 37.2 Å². The van der Waals surface area contributed by atoms with E-state index in [1.54, 1.807) is 17.8 Å². The number of carbonyl (C=O) groups is 1. The number of likely N-dealkylation sites (tertiary alicyclic amines) is 1. The van der Waals surface area contributed by atoms with Crippen LogP contribution in [0.3, 0.4) is 0 Å². The largest absolute Gasteiger partial charge is 0.455 e. The summed E-state index contributed by atoms with van der Waals surface area (Å²) in [6.07, 6.45) is 3.91. The van der Waals surface area contributed by atoms with Gasteiger partial charge in [-0.15, -0.1) is 0 Å². The molecule has 0 radical (unpaired) electrons. The highest BCUT2D eigenvalue weighted by Crippen LogP contribution is 2.51. The number of nitrogens with two attached hydrogens (primary N) is 1. The minimum atomic E-state index is -0.339. The van der Waals surface area contributed by atoms with E-state index in [1.165, 1.54) is 0 Å². The molecule has 2 aliphatic rings. The van der Waals surface area contributed by atoms with E-state index < -0.39 is 0 Å². The first-order valence-corrected chi connectivity index (χ1v) is 9.87. The molecule has 6 nitrogen and oxygen atoms in total. The van der Waals surface area contributed by atoms with Gasteiger partial charge in [-0.25, -0.2) is 0 Å². The maximum Gasteiger partial charge on any atom is 0.289 e. The molecule has 1 saturated heterocycles. The van der Waals surface area contributed by atoms with Crippen molar-refractivity contribution in [1.82, 2.24) is 4.90 Å². The smallest absolute Gasteiger partial charge is 0.289 e. The molecule has 1 amide bonds. The predicted molar refractivity (Wildman–Crippen MR) is 92.9 cm³/mol. The van der Waals surface area contributed by atoms with Gasteiger partial charge < -0.3 is 24.9 Å². The Bertz CT molecular complexity index is 569. The van der Waals surface area contributed by atoms with Crippen LogP contribution in [0.5, 0.6) is 0 Å². The van der Waals surface area contributed by atoms with Crippen LogP contribution in [0.15, 0.2) is 16.5 Å². The molecule has 134 valence electrons. The van der Waals surface area contributed by atoms with E-state index in [2.05, 4.69) is 0 Å². The molecule has 0 bridgehead atoms. The highest BCUT2D eigenvalue weighted by Gasteiger charge is 2.56. The first kappa shape index (κ1) is 17.8. The number of aliphatic hydroxyl groups excluding tert-OH is 1. The van der Waals surface area contributed by atoms with Crippen LogP contribution in [-0.2, 0) is 10.5 Å². The Hall–Kier alpha value is -1.02. The average Bonchev–Trinajstić information content (AvgIpc) is 3.07. The Labute approximate surface area is 146 Å². The van der Waals surface area contributed by atoms with Gasteiger partial charge in [-0.1, -0.05) is 0 Å². The summed E-state index contributed by atoms with van der Waals surface area (Å²) in [5.74, 6) is 1.93. The Balaban J connectivity index is 1.58. The highest BCUT2D eigenvalue weighted by molar-refractivity contribution is 7.97. The van der Waals surface area contributed by atoms with Gasteiger partial charge in [-0.2, -0.15) is 11.8 Å². The van der Waals surface area contributed by atoms with Crippen molar-refractivity contribution in [3.8, 4) is 0 Å². The number of thioether (sulfide) groups is 1. The number of piperidine rings is 1. The second kappa shape index (κ2) is 7.47. The molecule has 1 aliphatic heterocycles. The zero-order chi connectivity index (χ0) is 17.2. The third kappa shape index (κ3) is 3.22. The average molecular weight is 354 g/mol. The molecule has 3 N–H and O–H groups in total. The van der Waals surface area contributed by atoms with E-state index in [-0.39, 0.29) is 23.5 Å². The van der Waals surface area contributed by atoms with Gasteiger partial charge in [0.05, 0.1) is 24.6 Å². The summed E-state index contributed by atoms with van der Waals surface area (Å²) in [7, 11) is 0. The normalized spacial score (nSPS) is 25.7. The fourth-order valence-electron chi connectivity index (χ4n) is 3.82. The molecule has 1 spiro atoms.